The number of benzene rings is 1. The highest BCUT2D eigenvalue weighted by atomic mass is 16.4. The summed E-state index contributed by atoms with van der Waals surface area (Å²) >= 11 is 0. The highest BCUT2D eigenvalue weighted by molar-refractivity contribution is 5.83. The standard InChI is InChI=1S/C12H12N4O2/c13-4-6-1-7(14)2-10-11(6)16-12(18-10)9-3-8(17)5-15-9/h1-2,8-9,15,17H,3,5,14H2. The van der Waals surface area contributed by atoms with Gasteiger partial charge in [-0.15, -0.1) is 0 Å². The van der Waals surface area contributed by atoms with E-state index in [1.807, 2.05) is 0 Å². The molecule has 2 atom stereocenters. The number of nitrogens with one attached hydrogen (secondary N) is 1. The summed E-state index contributed by atoms with van der Waals surface area (Å²) in [5, 5.41) is 21.6. The fourth-order valence-corrected chi connectivity index (χ4v) is 2.21. The number of anilines is 1. The van der Waals surface area contributed by atoms with Gasteiger partial charge in [-0.25, -0.2) is 4.98 Å². The third-order valence-corrected chi connectivity index (χ3v) is 3.06. The van der Waals surface area contributed by atoms with Crippen molar-refractivity contribution >= 4 is 16.8 Å². The molecule has 2 aromatic rings. The van der Waals surface area contributed by atoms with Gasteiger partial charge in [-0.2, -0.15) is 5.26 Å². The number of hydrogen-bond donors (Lipinski definition) is 3. The first kappa shape index (κ1) is 11.0. The molecule has 1 aliphatic heterocycles. The quantitative estimate of drug-likeness (QED) is 0.636. The van der Waals surface area contributed by atoms with Crippen LogP contribution in [0.2, 0.25) is 0 Å². The van der Waals surface area contributed by atoms with Gasteiger partial charge in [0.05, 0.1) is 17.7 Å². The molecule has 2 heterocycles. The van der Waals surface area contributed by atoms with E-state index in [1.54, 1.807) is 12.1 Å². The second-order valence-corrected chi connectivity index (χ2v) is 4.43. The van der Waals surface area contributed by atoms with Gasteiger partial charge in [0.1, 0.15) is 11.6 Å². The normalized spacial score (nSPS) is 23.3. The van der Waals surface area contributed by atoms with Gasteiger partial charge < -0.3 is 20.6 Å². The van der Waals surface area contributed by atoms with E-state index >= 15 is 0 Å². The summed E-state index contributed by atoms with van der Waals surface area (Å²) in [6.45, 7) is 0.524. The van der Waals surface area contributed by atoms with E-state index < -0.39 is 0 Å². The zero-order valence-corrected chi connectivity index (χ0v) is 9.55. The van der Waals surface area contributed by atoms with Crippen molar-refractivity contribution in [3.8, 4) is 6.07 Å². The second-order valence-electron chi connectivity index (χ2n) is 4.43. The number of aromatic nitrogens is 1. The summed E-state index contributed by atoms with van der Waals surface area (Å²) in [7, 11) is 0. The van der Waals surface area contributed by atoms with Gasteiger partial charge in [-0.05, 0) is 12.5 Å². The van der Waals surface area contributed by atoms with Crippen LogP contribution >= 0.6 is 0 Å². The minimum Gasteiger partial charge on any atom is -0.439 e. The zero-order chi connectivity index (χ0) is 12.7. The van der Waals surface area contributed by atoms with Crippen LogP contribution in [0.3, 0.4) is 0 Å². The second kappa shape index (κ2) is 3.98. The third-order valence-electron chi connectivity index (χ3n) is 3.06. The van der Waals surface area contributed by atoms with Crippen molar-refractivity contribution in [1.82, 2.24) is 10.3 Å². The van der Waals surface area contributed by atoms with Crippen LogP contribution in [0.5, 0.6) is 0 Å². The van der Waals surface area contributed by atoms with Crippen molar-refractivity contribution in [3.05, 3.63) is 23.6 Å². The van der Waals surface area contributed by atoms with E-state index in [2.05, 4.69) is 16.4 Å². The van der Waals surface area contributed by atoms with E-state index in [0.717, 1.165) is 0 Å². The van der Waals surface area contributed by atoms with Gasteiger partial charge in [-0.3, -0.25) is 0 Å². The van der Waals surface area contributed by atoms with Gasteiger partial charge in [0, 0.05) is 18.3 Å². The highest BCUT2D eigenvalue weighted by Gasteiger charge is 2.28. The smallest absolute Gasteiger partial charge is 0.212 e. The fourth-order valence-electron chi connectivity index (χ4n) is 2.21. The summed E-state index contributed by atoms with van der Waals surface area (Å²) in [5.74, 6) is 0.489. The lowest BCUT2D eigenvalue weighted by atomic mass is 10.2. The summed E-state index contributed by atoms with van der Waals surface area (Å²) < 4.78 is 5.61. The van der Waals surface area contributed by atoms with Crippen LogP contribution in [-0.4, -0.2) is 22.7 Å². The predicted octanol–water partition coefficient (Wildman–Crippen LogP) is 0.677. The first-order valence-corrected chi connectivity index (χ1v) is 5.69. The Labute approximate surface area is 103 Å². The number of nitrogens with zero attached hydrogens (tertiary/aromatic N) is 2. The molecule has 0 aliphatic carbocycles. The van der Waals surface area contributed by atoms with Crippen LogP contribution in [0.15, 0.2) is 16.5 Å². The summed E-state index contributed by atoms with van der Waals surface area (Å²) in [6, 6.07) is 5.17. The van der Waals surface area contributed by atoms with Gasteiger partial charge >= 0.3 is 0 Å². The predicted molar refractivity (Wildman–Crippen MR) is 64.5 cm³/mol. The lowest BCUT2D eigenvalue weighted by Gasteiger charge is -2.02. The Balaban J connectivity index is 2.08. The fraction of sp³-hybridized carbons (Fsp3) is 0.333. The Kier molecular flexibility index (Phi) is 2.44. The Morgan fingerprint density at radius 2 is 2.39 bits per heavy atom. The van der Waals surface area contributed by atoms with E-state index in [4.69, 9.17) is 15.4 Å². The van der Waals surface area contributed by atoms with Gasteiger partial charge in [0.15, 0.2) is 5.58 Å². The number of β-amino-alcohol motifs (C(OH)–C–C–N with tert-alkyl or cyclic N) is 1. The molecule has 4 N–H and O–H groups in total. The molecule has 1 fully saturated rings. The molecule has 2 unspecified atom stereocenters. The molecule has 1 aromatic carbocycles. The molecule has 0 amide bonds. The minimum atomic E-state index is -0.384. The van der Waals surface area contributed by atoms with Gasteiger partial charge in [0.2, 0.25) is 5.89 Å². The first-order chi connectivity index (χ1) is 8.67. The van der Waals surface area contributed by atoms with Gasteiger partial charge in [-0.1, -0.05) is 0 Å². The lowest BCUT2D eigenvalue weighted by molar-refractivity contribution is 0.192. The van der Waals surface area contributed by atoms with Gasteiger partial charge in [0.25, 0.3) is 0 Å². The number of hydrogen-bond acceptors (Lipinski definition) is 6. The van der Waals surface area contributed by atoms with Crippen LogP contribution in [0.4, 0.5) is 5.69 Å². The van der Waals surface area contributed by atoms with Crippen LogP contribution in [0.25, 0.3) is 11.1 Å². The number of oxazole rings is 1. The lowest BCUT2D eigenvalue weighted by Crippen LogP contribution is -2.14. The van der Waals surface area contributed by atoms with E-state index in [0.29, 0.717) is 41.2 Å². The average Bonchev–Trinajstić information content (AvgIpc) is 2.93. The molecule has 1 aromatic heterocycles. The minimum absolute atomic E-state index is 0.111. The molecule has 6 nitrogen and oxygen atoms in total. The number of rotatable bonds is 1. The highest BCUT2D eigenvalue weighted by Crippen LogP contribution is 2.29. The van der Waals surface area contributed by atoms with Crippen LogP contribution < -0.4 is 11.1 Å². The zero-order valence-electron chi connectivity index (χ0n) is 9.55. The maximum Gasteiger partial charge on any atom is 0.212 e. The molecule has 1 saturated heterocycles. The molecular formula is C12H12N4O2. The van der Waals surface area contributed by atoms with E-state index in [9.17, 15) is 5.11 Å². The number of nitriles is 1. The van der Waals surface area contributed by atoms with Crippen molar-refractivity contribution in [1.29, 1.82) is 5.26 Å². The first-order valence-electron chi connectivity index (χ1n) is 5.69. The van der Waals surface area contributed by atoms with E-state index in [-0.39, 0.29) is 12.1 Å². The summed E-state index contributed by atoms with van der Waals surface area (Å²) in [6.07, 6.45) is 0.176. The topological polar surface area (TPSA) is 108 Å². The molecule has 6 heteroatoms. The monoisotopic (exact) mass is 244 g/mol. The summed E-state index contributed by atoms with van der Waals surface area (Å²) in [5.41, 5.74) is 7.59. The van der Waals surface area contributed by atoms with Crippen LogP contribution in [-0.2, 0) is 0 Å². The molecule has 1 aliphatic rings. The SMILES string of the molecule is N#Cc1cc(N)cc2oc(C3CC(O)CN3)nc12. The molecule has 0 saturated carbocycles. The maximum absolute atomic E-state index is 9.48. The number of nitrogen functional groups attached to an aromatic ring is 1. The third kappa shape index (κ3) is 1.70. The largest absolute Gasteiger partial charge is 0.439 e. The Morgan fingerprint density at radius 3 is 3.06 bits per heavy atom. The van der Waals surface area contributed by atoms with Crippen molar-refractivity contribution in [3.63, 3.8) is 0 Å². The molecule has 3 rings (SSSR count). The van der Waals surface area contributed by atoms with Crippen molar-refractivity contribution in [2.24, 2.45) is 0 Å². The van der Waals surface area contributed by atoms with Crippen molar-refractivity contribution < 1.29 is 9.52 Å². The summed E-state index contributed by atoms with van der Waals surface area (Å²) in [4.78, 5) is 4.32. The Morgan fingerprint density at radius 1 is 1.56 bits per heavy atom. The molecule has 18 heavy (non-hydrogen) atoms. The molecule has 0 bridgehead atoms. The number of fused-ring (bicyclic) bond motifs is 1. The molecule has 0 spiro atoms. The maximum atomic E-state index is 9.48. The average molecular weight is 244 g/mol. The molecule has 92 valence electrons. The van der Waals surface area contributed by atoms with E-state index in [1.165, 1.54) is 0 Å². The number of aliphatic hydroxyl groups excluding tert-OH is 1. The van der Waals surface area contributed by atoms with Crippen LogP contribution in [0.1, 0.15) is 23.9 Å². The Hall–Kier alpha value is -2.10. The number of nitrogens with two attached hydrogens (primary N) is 1. The van der Waals surface area contributed by atoms with Crippen molar-refractivity contribution in [2.75, 3.05) is 12.3 Å². The van der Waals surface area contributed by atoms with Crippen LogP contribution in [0, 0.1) is 11.3 Å². The Bertz CT molecular complexity index is 643. The molecular weight excluding hydrogens is 232 g/mol. The number of aliphatic hydroxyl groups is 1. The molecule has 0 radical (unpaired) electrons. The van der Waals surface area contributed by atoms with Crippen molar-refractivity contribution in [2.45, 2.75) is 18.6 Å².